The summed E-state index contributed by atoms with van der Waals surface area (Å²) in [5.74, 6) is 0.323. The van der Waals surface area contributed by atoms with Crippen molar-refractivity contribution >= 4 is 33.3 Å². The van der Waals surface area contributed by atoms with Crippen LogP contribution in [0.5, 0.6) is 0 Å². The molecule has 0 aliphatic carbocycles. The molecule has 1 aromatic carbocycles. The second-order valence-corrected chi connectivity index (χ2v) is 6.86. The van der Waals surface area contributed by atoms with Gasteiger partial charge in [-0.25, -0.2) is 9.37 Å². The summed E-state index contributed by atoms with van der Waals surface area (Å²) in [4.78, 5) is 18.3. The smallest absolute Gasteiger partial charge is 0.238 e. The number of amides is 1. The van der Waals surface area contributed by atoms with E-state index < -0.39 is 4.83 Å². The lowest BCUT2D eigenvalue weighted by molar-refractivity contribution is -0.115. The van der Waals surface area contributed by atoms with Crippen LogP contribution >= 0.6 is 15.9 Å². The molecule has 1 aliphatic heterocycles. The molecular weight excluding hydrogens is 389 g/mol. The highest BCUT2D eigenvalue weighted by atomic mass is 79.9. The van der Waals surface area contributed by atoms with Gasteiger partial charge in [0.05, 0.1) is 29.9 Å². The average Bonchev–Trinajstić information content (AvgIpc) is 2.65. The Morgan fingerprint density at radius 2 is 2.04 bits per heavy atom. The summed E-state index contributed by atoms with van der Waals surface area (Å²) < 4.78 is 19.0. The second kappa shape index (κ2) is 8.40. The Labute approximate surface area is 154 Å². The van der Waals surface area contributed by atoms with Gasteiger partial charge in [-0.1, -0.05) is 34.1 Å². The van der Waals surface area contributed by atoms with Gasteiger partial charge in [-0.2, -0.15) is 0 Å². The third-order valence-corrected chi connectivity index (χ3v) is 4.73. The fourth-order valence-corrected chi connectivity index (χ4v) is 3.07. The minimum Gasteiger partial charge on any atom is -0.378 e. The van der Waals surface area contributed by atoms with Crippen molar-refractivity contribution in [2.45, 2.75) is 11.2 Å². The molecule has 2 heterocycles. The predicted molar refractivity (Wildman–Crippen MR) is 98.7 cm³/mol. The predicted octanol–water partition coefficient (Wildman–Crippen LogP) is 3.00. The molecule has 7 heteroatoms. The molecule has 1 amide bonds. The number of rotatable bonds is 5. The van der Waals surface area contributed by atoms with Gasteiger partial charge in [-0.15, -0.1) is 0 Å². The summed E-state index contributed by atoms with van der Waals surface area (Å²) >= 11 is 3.33. The maximum atomic E-state index is 13.7. The highest BCUT2D eigenvalue weighted by Gasteiger charge is 2.18. The van der Waals surface area contributed by atoms with Crippen molar-refractivity contribution in [3.05, 3.63) is 54.0 Å². The summed E-state index contributed by atoms with van der Waals surface area (Å²) in [7, 11) is 0. The first-order valence-corrected chi connectivity index (χ1v) is 9.02. The Hall–Kier alpha value is -1.99. The standard InChI is InChI=1S/C18H19BrFN3O2/c19-15(11-13-3-1-2-4-16(13)20)18(24)22-14-5-6-17(21-12-14)23-7-9-25-10-8-23/h1-6,12,15H,7-11H2,(H,22,24). The quantitative estimate of drug-likeness (QED) is 0.773. The van der Waals surface area contributed by atoms with Crippen LogP contribution in [0.2, 0.25) is 0 Å². The molecule has 1 aromatic heterocycles. The van der Waals surface area contributed by atoms with Gasteiger partial charge >= 0.3 is 0 Å². The van der Waals surface area contributed by atoms with Gasteiger partial charge < -0.3 is 15.0 Å². The lowest BCUT2D eigenvalue weighted by atomic mass is 10.1. The number of ether oxygens (including phenoxy) is 1. The topological polar surface area (TPSA) is 54.5 Å². The van der Waals surface area contributed by atoms with Gasteiger partial charge in [0.2, 0.25) is 5.91 Å². The number of halogens is 2. The fourth-order valence-electron chi connectivity index (χ4n) is 2.61. The van der Waals surface area contributed by atoms with Crippen molar-refractivity contribution < 1.29 is 13.9 Å². The normalized spacial score (nSPS) is 15.7. The zero-order valence-electron chi connectivity index (χ0n) is 13.6. The first-order valence-electron chi connectivity index (χ1n) is 8.10. The maximum absolute atomic E-state index is 13.7. The van der Waals surface area contributed by atoms with Crippen molar-refractivity contribution in [2.24, 2.45) is 0 Å². The van der Waals surface area contributed by atoms with Gasteiger partial charge in [0.15, 0.2) is 0 Å². The third kappa shape index (κ3) is 4.76. The van der Waals surface area contributed by atoms with Crippen molar-refractivity contribution in [1.29, 1.82) is 0 Å². The minimum atomic E-state index is -0.525. The van der Waals surface area contributed by atoms with Gasteiger partial charge in [0.25, 0.3) is 0 Å². The Kier molecular flexibility index (Phi) is 5.99. The molecule has 0 saturated carbocycles. The molecule has 3 rings (SSSR count). The van der Waals surface area contributed by atoms with Gasteiger partial charge in [-0.05, 0) is 30.2 Å². The van der Waals surface area contributed by atoms with E-state index in [4.69, 9.17) is 4.74 Å². The van der Waals surface area contributed by atoms with E-state index in [0.29, 0.717) is 24.5 Å². The summed E-state index contributed by atoms with van der Waals surface area (Å²) in [6, 6.07) is 10.1. The van der Waals surface area contributed by atoms with Crippen LogP contribution < -0.4 is 10.2 Å². The number of hydrogen-bond donors (Lipinski definition) is 1. The molecule has 1 fully saturated rings. The minimum absolute atomic E-state index is 0.232. The largest absolute Gasteiger partial charge is 0.378 e. The van der Waals surface area contributed by atoms with Crippen molar-refractivity contribution in [1.82, 2.24) is 4.98 Å². The highest BCUT2D eigenvalue weighted by molar-refractivity contribution is 9.10. The number of nitrogens with one attached hydrogen (secondary N) is 1. The summed E-state index contributed by atoms with van der Waals surface area (Å²) in [6.45, 7) is 3.01. The van der Waals surface area contributed by atoms with E-state index in [2.05, 4.69) is 31.1 Å². The summed E-state index contributed by atoms with van der Waals surface area (Å²) in [5, 5.41) is 2.80. The molecule has 1 aliphatic rings. The molecule has 132 valence electrons. The average molecular weight is 408 g/mol. The first kappa shape index (κ1) is 17.8. The molecule has 2 aromatic rings. The van der Waals surface area contributed by atoms with E-state index in [-0.39, 0.29) is 18.1 Å². The van der Waals surface area contributed by atoms with Crippen LogP contribution in [0.4, 0.5) is 15.9 Å². The number of hydrogen-bond acceptors (Lipinski definition) is 4. The zero-order chi connectivity index (χ0) is 17.6. The number of benzene rings is 1. The van der Waals surface area contributed by atoms with Crippen LogP contribution in [-0.2, 0) is 16.0 Å². The monoisotopic (exact) mass is 407 g/mol. The number of anilines is 2. The van der Waals surface area contributed by atoms with E-state index in [1.165, 1.54) is 6.07 Å². The number of alkyl halides is 1. The number of pyridine rings is 1. The molecule has 1 saturated heterocycles. The Balaban J connectivity index is 1.57. The molecule has 0 spiro atoms. The number of aromatic nitrogens is 1. The van der Waals surface area contributed by atoms with Crippen LogP contribution in [0.3, 0.4) is 0 Å². The zero-order valence-corrected chi connectivity index (χ0v) is 15.2. The number of nitrogens with zero attached hydrogens (tertiary/aromatic N) is 2. The van der Waals surface area contributed by atoms with Crippen LogP contribution in [0, 0.1) is 5.82 Å². The molecule has 1 unspecified atom stereocenters. The Morgan fingerprint density at radius 1 is 1.28 bits per heavy atom. The second-order valence-electron chi connectivity index (χ2n) is 5.76. The van der Waals surface area contributed by atoms with Crippen LogP contribution in [-0.4, -0.2) is 42.0 Å². The van der Waals surface area contributed by atoms with Gasteiger partial charge in [0.1, 0.15) is 11.6 Å². The van der Waals surface area contributed by atoms with Gasteiger partial charge in [-0.3, -0.25) is 4.79 Å². The fraction of sp³-hybridized carbons (Fsp3) is 0.333. The highest BCUT2D eigenvalue weighted by Crippen LogP contribution is 2.18. The summed E-state index contributed by atoms with van der Waals surface area (Å²) in [6.07, 6.45) is 1.91. The third-order valence-electron chi connectivity index (χ3n) is 3.99. The van der Waals surface area contributed by atoms with Crippen molar-refractivity contribution in [3.8, 4) is 0 Å². The van der Waals surface area contributed by atoms with E-state index in [1.807, 2.05) is 12.1 Å². The van der Waals surface area contributed by atoms with Crippen LogP contribution in [0.15, 0.2) is 42.6 Å². The van der Waals surface area contributed by atoms with Crippen molar-refractivity contribution in [2.75, 3.05) is 36.5 Å². The lowest BCUT2D eigenvalue weighted by Crippen LogP contribution is -2.36. The van der Waals surface area contributed by atoms with Gasteiger partial charge in [0, 0.05) is 13.1 Å². The number of carbonyl (C=O) groups excluding carboxylic acids is 1. The first-order chi connectivity index (χ1) is 12.1. The Morgan fingerprint density at radius 3 is 2.72 bits per heavy atom. The molecule has 1 N–H and O–H groups in total. The van der Waals surface area contributed by atoms with Crippen molar-refractivity contribution in [3.63, 3.8) is 0 Å². The molecular formula is C18H19BrFN3O2. The molecule has 0 radical (unpaired) electrons. The molecule has 1 atom stereocenters. The number of carbonyl (C=O) groups is 1. The number of morpholine rings is 1. The maximum Gasteiger partial charge on any atom is 0.238 e. The lowest BCUT2D eigenvalue weighted by Gasteiger charge is -2.27. The van der Waals surface area contributed by atoms with E-state index in [9.17, 15) is 9.18 Å². The SMILES string of the molecule is O=C(Nc1ccc(N2CCOCC2)nc1)C(Br)Cc1ccccc1F. The van der Waals surface area contributed by atoms with E-state index in [0.717, 1.165) is 18.9 Å². The van der Waals surface area contributed by atoms with E-state index >= 15 is 0 Å². The Bertz CT molecular complexity index is 721. The van der Waals surface area contributed by atoms with E-state index in [1.54, 1.807) is 24.4 Å². The molecule has 0 bridgehead atoms. The van der Waals surface area contributed by atoms with Crippen LogP contribution in [0.25, 0.3) is 0 Å². The molecule has 25 heavy (non-hydrogen) atoms. The molecule has 5 nitrogen and oxygen atoms in total. The summed E-state index contributed by atoms with van der Waals surface area (Å²) in [5.41, 5.74) is 1.11. The van der Waals surface area contributed by atoms with Crippen LogP contribution in [0.1, 0.15) is 5.56 Å².